The number of hydrogen-bond acceptors (Lipinski definition) is 4. The molecule has 2 heterocycles. The lowest BCUT2D eigenvalue weighted by atomic mass is 9.99. The summed E-state index contributed by atoms with van der Waals surface area (Å²) in [5.74, 6) is -1.57. The SMILES string of the molecule is CCC(=O)NC1C(=O)N2C(C(=O)O)C(C)=CS[C@H]12. The van der Waals surface area contributed by atoms with Crippen molar-refractivity contribution in [1.82, 2.24) is 10.2 Å². The molecule has 2 amide bonds. The van der Waals surface area contributed by atoms with Crippen LogP contribution in [0.3, 0.4) is 0 Å². The fraction of sp³-hybridized carbons (Fsp3) is 0.545. The predicted molar refractivity (Wildman–Crippen MR) is 65.6 cm³/mol. The zero-order valence-corrected chi connectivity index (χ0v) is 10.9. The minimum absolute atomic E-state index is 0.202. The van der Waals surface area contributed by atoms with Gasteiger partial charge in [0.2, 0.25) is 11.8 Å². The van der Waals surface area contributed by atoms with E-state index < -0.39 is 18.1 Å². The van der Waals surface area contributed by atoms with E-state index in [9.17, 15) is 14.4 Å². The number of aliphatic carboxylic acids is 1. The Morgan fingerprint density at radius 2 is 2.22 bits per heavy atom. The van der Waals surface area contributed by atoms with Crippen LogP contribution >= 0.6 is 11.8 Å². The number of nitrogens with one attached hydrogen (secondary N) is 1. The van der Waals surface area contributed by atoms with Crippen LogP contribution in [0.2, 0.25) is 0 Å². The van der Waals surface area contributed by atoms with Crippen LogP contribution in [0.15, 0.2) is 11.0 Å². The number of carboxylic acid groups (broad SMARTS) is 1. The summed E-state index contributed by atoms with van der Waals surface area (Å²) in [5.41, 5.74) is 0.636. The summed E-state index contributed by atoms with van der Waals surface area (Å²) < 4.78 is 0. The number of carboxylic acids is 1. The molecule has 7 heteroatoms. The van der Waals surface area contributed by atoms with E-state index >= 15 is 0 Å². The van der Waals surface area contributed by atoms with E-state index in [2.05, 4.69) is 5.32 Å². The third kappa shape index (κ3) is 1.88. The maximum absolute atomic E-state index is 11.9. The van der Waals surface area contributed by atoms with Crippen LogP contribution in [-0.4, -0.2) is 45.2 Å². The van der Waals surface area contributed by atoms with Gasteiger partial charge in [0.15, 0.2) is 6.04 Å². The summed E-state index contributed by atoms with van der Waals surface area (Å²) in [4.78, 5) is 35.7. The van der Waals surface area contributed by atoms with Gasteiger partial charge >= 0.3 is 5.97 Å². The van der Waals surface area contributed by atoms with Gasteiger partial charge in [0.05, 0.1) is 0 Å². The molecule has 2 rings (SSSR count). The third-order valence-corrected chi connectivity index (χ3v) is 4.34. The number of nitrogens with zero attached hydrogens (tertiary/aromatic N) is 1. The van der Waals surface area contributed by atoms with Crippen molar-refractivity contribution in [1.29, 1.82) is 0 Å². The molecule has 1 saturated heterocycles. The highest BCUT2D eigenvalue weighted by atomic mass is 32.2. The third-order valence-electron chi connectivity index (χ3n) is 3.05. The number of amides is 2. The number of β-lactam (4-membered cyclic amide) rings is 1. The van der Waals surface area contributed by atoms with Gasteiger partial charge in [-0.05, 0) is 17.9 Å². The van der Waals surface area contributed by atoms with Gasteiger partial charge < -0.3 is 15.3 Å². The monoisotopic (exact) mass is 270 g/mol. The zero-order chi connectivity index (χ0) is 13.4. The van der Waals surface area contributed by atoms with Crippen LogP contribution in [0.5, 0.6) is 0 Å². The summed E-state index contributed by atoms with van der Waals surface area (Å²) in [5, 5.41) is 13.2. The van der Waals surface area contributed by atoms with Crippen LogP contribution in [0.25, 0.3) is 0 Å². The molecule has 0 saturated carbocycles. The standard InChI is InChI=1S/C11H14N2O4S/c1-3-6(14)12-7-9(15)13-8(11(16)17)5(2)4-18-10(7)13/h4,7-8,10H,3H2,1-2H3,(H,12,14)(H,16,17)/t7?,8?,10-/m1/s1. The zero-order valence-electron chi connectivity index (χ0n) is 10.0. The molecule has 2 aliphatic heterocycles. The lowest BCUT2D eigenvalue weighted by Crippen LogP contribution is -2.73. The topological polar surface area (TPSA) is 86.7 Å². The van der Waals surface area contributed by atoms with Gasteiger partial charge in [-0.15, -0.1) is 11.8 Å². The van der Waals surface area contributed by atoms with E-state index in [1.165, 1.54) is 16.7 Å². The highest BCUT2D eigenvalue weighted by Gasteiger charge is 2.55. The van der Waals surface area contributed by atoms with Gasteiger partial charge in [-0.3, -0.25) is 9.59 Å². The van der Waals surface area contributed by atoms with Crippen molar-refractivity contribution in [2.75, 3.05) is 0 Å². The second kappa shape index (κ2) is 4.64. The van der Waals surface area contributed by atoms with Gasteiger partial charge in [0, 0.05) is 6.42 Å². The summed E-state index contributed by atoms with van der Waals surface area (Å²) in [7, 11) is 0. The molecule has 0 radical (unpaired) electrons. The Labute approximate surface area is 108 Å². The maximum Gasteiger partial charge on any atom is 0.330 e. The van der Waals surface area contributed by atoms with Gasteiger partial charge in [0.1, 0.15) is 11.4 Å². The fourth-order valence-corrected chi connectivity index (χ4v) is 3.27. The number of rotatable bonds is 3. The summed E-state index contributed by atoms with van der Waals surface area (Å²) in [6.45, 7) is 3.39. The first kappa shape index (κ1) is 12.9. The number of carbonyl (C=O) groups excluding carboxylic acids is 2. The first-order valence-electron chi connectivity index (χ1n) is 5.63. The average molecular weight is 270 g/mol. The van der Waals surface area contributed by atoms with E-state index in [0.29, 0.717) is 12.0 Å². The smallest absolute Gasteiger partial charge is 0.330 e. The second-order valence-electron chi connectivity index (χ2n) is 4.27. The first-order chi connectivity index (χ1) is 8.47. The van der Waals surface area contributed by atoms with E-state index in [1.54, 1.807) is 19.3 Å². The van der Waals surface area contributed by atoms with Crippen molar-refractivity contribution in [3.63, 3.8) is 0 Å². The lowest BCUT2D eigenvalue weighted by Gasteiger charge is -2.51. The normalized spacial score (nSPS) is 30.1. The molecule has 0 aromatic carbocycles. The summed E-state index contributed by atoms with van der Waals surface area (Å²) >= 11 is 1.37. The van der Waals surface area contributed by atoms with E-state index in [0.717, 1.165) is 0 Å². The summed E-state index contributed by atoms with van der Waals surface area (Å²) in [6, 6.07) is -1.51. The molecule has 18 heavy (non-hydrogen) atoms. The maximum atomic E-state index is 11.9. The van der Waals surface area contributed by atoms with Crippen LogP contribution in [0.1, 0.15) is 20.3 Å². The Morgan fingerprint density at radius 1 is 1.56 bits per heavy atom. The summed E-state index contributed by atoms with van der Waals surface area (Å²) in [6.07, 6.45) is 0.304. The van der Waals surface area contributed by atoms with Crippen molar-refractivity contribution in [2.45, 2.75) is 37.7 Å². The number of hydrogen-bond donors (Lipinski definition) is 2. The Morgan fingerprint density at radius 3 is 2.78 bits per heavy atom. The number of thioether (sulfide) groups is 1. The van der Waals surface area contributed by atoms with Crippen LogP contribution in [-0.2, 0) is 14.4 Å². The van der Waals surface area contributed by atoms with Crippen LogP contribution in [0, 0.1) is 0 Å². The molecule has 0 aromatic rings. The van der Waals surface area contributed by atoms with Crippen molar-refractivity contribution in [3.8, 4) is 0 Å². The molecule has 2 unspecified atom stereocenters. The average Bonchev–Trinajstić information content (AvgIpc) is 2.34. The molecule has 1 fully saturated rings. The van der Waals surface area contributed by atoms with Gasteiger partial charge in [-0.25, -0.2) is 4.79 Å². The molecular weight excluding hydrogens is 256 g/mol. The molecule has 6 nitrogen and oxygen atoms in total. The molecule has 0 bridgehead atoms. The molecule has 98 valence electrons. The first-order valence-corrected chi connectivity index (χ1v) is 6.58. The molecule has 2 aliphatic rings. The second-order valence-corrected chi connectivity index (χ2v) is 5.26. The molecule has 0 spiro atoms. The van der Waals surface area contributed by atoms with Gasteiger partial charge in [0.25, 0.3) is 0 Å². The van der Waals surface area contributed by atoms with Crippen LogP contribution in [0.4, 0.5) is 0 Å². The van der Waals surface area contributed by atoms with E-state index in [4.69, 9.17) is 5.11 Å². The van der Waals surface area contributed by atoms with Gasteiger partial charge in [-0.1, -0.05) is 6.92 Å². The van der Waals surface area contributed by atoms with E-state index in [-0.39, 0.29) is 17.2 Å². The van der Waals surface area contributed by atoms with Gasteiger partial charge in [-0.2, -0.15) is 0 Å². The highest BCUT2D eigenvalue weighted by Crippen LogP contribution is 2.39. The minimum atomic E-state index is -1.04. The Kier molecular flexibility index (Phi) is 3.34. The minimum Gasteiger partial charge on any atom is -0.479 e. The molecule has 0 aliphatic carbocycles. The Balaban J connectivity index is 2.16. The predicted octanol–water partition coefficient (Wildman–Crippen LogP) is 0.153. The van der Waals surface area contributed by atoms with Crippen molar-refractivity contribution in [2.24, 2.45) is 0 Å². The Hall–Kier alpha value is -1.50. The molecule has 0 aromatic heterocycles. The van der Waals surface area contributed by atoms with Crippen molar-refractivity contribution in [3.05, 3.63) is 11.0 Å². The number of fused-ring (bicyclic) bond motifs is 1. The largest absolute Gasteiger partial charge is 0.479 e. The Bertz CT molecular complexity index is 448. The quantitative estimate of drug-likeness (QED) is 0.713. The molecular formula is C11H14N2O4S. The van der Waals surface area contributed by atoms with Crippen LogP contribution < -0.4 is 5.32 Å². The number of carbonyl (C=O) groups is 3. The van der Waals surface area contributed by atoms with Crippen molar-refractivity contribution < 1.29 is 19.5 Å². The van der Waals surface area contributed by atoms with Crippen molar-refractivity contribution >= 4 is 29.5 Å². The fourth-order valence-electron chi connectivity index (χ4n) is 2.09. The molecule has 2 N–H and O–H groups in total. The highest BCUT2D eigenvalue weighted by molar-refractivity contribution is 8.02. The van der Waals surface area contributed by atoms with E-state index in [1.807, 2.05) is 0 Å². The lowest BCUT2D eigenvalue weighted by molar-refractivity contribution is -0.160. The molecule has 3 atom stereocenters.